The average Bonchev–Trinajstić information content (AvgIpc) is 3.43. The van der Waals surface area contributed by atoms with Crippen LogP contribution in [0.2, 0.25) is 0 Å². The normalized spacial score (nSPS) is 14.5. The van der Waals surface area contributed by atoms with Gasteiger partial charge in [0, 0.05) is 57.4 Å². The Kier molecular flexibility index (Phi) is 7.39. The molecule has 0 unspecified atom stereocenters. The Morgan fingerprint density at radius 1 is 0.974 bits per heavy atom. The van der Waals surface area contributed by atoms with Crippen molar-refractivity contribution in [1.29, 1.82) is 0 Å². The Hall–Kier alpha value is -3.66. The summed E-state index contributed by atoms with van der Waals surface area (Å²) in [4.78, 5) is 16.2. The molecule has 9 heteroatoms. The molecule has 6 rings (SSSR count). The second kappa shape index (κ2) is 11.4. The summed E-state index contributed by atoms with van der Waals surface area (Å²) in [6, 6.07) is 24.2. The van der Waals surface area contributed by atoms with Crippen LogP contribution in [0.25, 0.3) is 22.2 Å². The molecule has 0 aliphatic carbocycles. The summed E-state index contributed by atoms with van der Waals surface area (Å²) in [5.41, 5.74) is 4.89. The molecule has 3 aromatic carbocycles. The Balaban J connectivity index is 1.16. The molecule has 0 atom stereocenters. The van der Waals surface area contributed by atoms with E-state index in [0.29, 0.717) is 6.61 Å². The number of rotatable bonds is 8. The summed E-state index contributed by atoms with van der Waals surface area (Å²) in [6.07, 6.45) is 1.58. The van der Waals surface area contributed by atoms with Gasteiger partial charge in [0.25, 0.3) is 0 Å². The lowest BCUT2D eigenvalue weighted by atomic mass is 10.1. The second-order valence-electron chi connectivity index (χ2n) is 9.13. The number of hydrogen-bond donors (Lipinski definition) is 1. The van der Waals surface area contributed by atoms with Crippen LogP contribution in [0.15, 0.2) is 84.5 Å². The first-order chi connectivity index (χ1) is 18.7. The SMILES string of the molecule is O=S1CCN(Cc2nc(-c3ccc4ncnc(Nc5ccc(OCc6ccccc6)cc5)c4c3)cs2)CC1. The summed E-state index contributed by atoms with van der Waals surface area (Å²) in [6.45, 7) is 3.06. The Morgan fingerprint density at radius 2 is 1.79 bits per heavy atom. The molecule has 38 heavy (non-hydrogen) atoms. The number of aromatic nitrogens is 3. The van der Waals surface area contributed by atoms with Crippen LogP contribution < -0.4 is 10.1 Å². The Morgan fingerprint density at radius 3 is 2.61 bits per heavy atom. The van der Waals surface area contributed by atoms with Gasteiger partial charge in [-0.15, -0.1) is 11.3 Å². The third-order valence-corrected chi connectivity index (χ3v) is 8.59. The largest absolute Gasteiger partial charge is 0.489 e. The predicted octanol–water partition coefficient (Wildman–Crippen LogP) is 5.64. The lowest BCUT2D eigenvalue weighted by Gasteiger charge is -2.24. The van der Waals surface area contributed by atoms with E-state index in [4.69, 9.17) is 9.72 Å². The molecule has 5 aromatic rings. The van der Waals surface area contributed by atoms with E-state index in [1.54, 1.807) is 17.7 Å². The molecule has 0 amide bonds. The zero-order valence-corrected chi connectivity index (χ0v) is 22.4. The summed E-state index contributed by atoms with van der Waals surface area (Å²) in [7, 11) is -0.667. The van der Waals surface area contributed by atoms with Crippen molar-refractivity contribution >= 4 is 44.5 Å². The minimum atomic E-state index is -0.667. The van der Waals surface area contributed by atoms with Crippen molar-refractivity contribution in [3.63, 3.8) is 0 Å². The maximum atomic E-state index is 11.6. The molecule has 1 aliphatic rings. The van der Waals surface area contributed by atoms with E-state index in [0.717, 1.165) is 81.1 Å². The van der Waals surface area contributed by atoms with Gasteiger partial charge in [0.15, 0.2) is 0 Å². The van der Waals surface area contributed by atoms with E-state index in [2.05, 4.69) is 49.8 Å². The van der Waals surface area contributed by atoms with Gasteiger partial charge in [0.1, 0.15) is 29.5 Å². The highest BCUT2D eigenvalue weighted by Gasteiger charge is 2.17. The lowest BCUT2D eigenvalue weighted by Crippen LogP contribution is -2.37. The third kappa shape index (κ3) is 5.91. The van der Waals surface area contributed by atoms with Crippen LogP contribution in [0.5, 0.6) is 5.75 Å². The van der Waals surface area contributed by atoms with Crippen LogP contribution in [-0.2, 0) is 24.0 Å². The lowest BCUT2D eigenvalue weighted by molar-refractivity contribution is 0.291. The van der Waals surface area contributed by atoms with Gasteiger partial charge in [-0.3, -0.25) is 9.11 Å². The highest BCUT2D eigenvalue weighted by molar-refractivity contribution is 7.85. The molecule has 0 spiro atoms. The number of nitrogens with one attached hydrogen (secondary N) is 1. The Labute approximate surface area is 228 Å². The van der Waals surface area contributed by atoms with Crippen molar-refractivity contribution < 1.29 is 8.95 Å². The van der Waals surface area contributed by atoms with Gasteiger partial charge in [-0.2, -0.15) is 0 Å². The van der Waals surface area contributed by atoms with Gasteiger partial charge >= 0.3 is 0 Å². The van der Waals surface area contributed by atoms with Gasteiger partial charge in [-0.1, -0.05) is 36.4 Å². The molecular weight excluding hydrogens is 514 g/mol. The number of nitrogens with zero attached hydrogens (tertiary/aromatic N) is 4. The molecule has 1 saturated heterocycles. The molecule has 0 bridgehead atoms. The molecule has 1 fully saturated rings. The molecule has 2 aromatic heterocycles. The number of hydrogen-bond acceptors (Lipinski definition) is 8. The summed E-state index contributed by atoms with van der Waals surface area (Å²) in [5.74, 6) is 3.06. The number of thiazole rings is 1. The molecule has 0 saturated carbocycles. The van der Waals surface area contributed by atoms with Crippen LogP contribution in [0, 0.1) is 0 Å². The molecule has 7 nitrogen and oxygen atoms in total. The van der Waals surface area contributed by atoms with Crippen molar-refractivity contribution in [2.75, 3.05) is 29.9 Å². The number of benzene rings is 3. The first-order valence-corrected chi connectivity index (χ1v) is 14.9. The van der Waals surface area contributed by atoms with Crippen molar-refractivity contribution in [1.82, 2.24) is 19.9 Å². The zero-order chi connectivity index (χ0) is 25.7. The van der Waals surface area contributed by atoms with E-state index >= 15 is 0 Å². The fourth-order valence-electron chi connectivity index (χ4n) is 4.37. The molecule has 1 N–H and O–H groups in total. The molecule has 192 valence electrons. The van der Waals surface area contributed by atoms with Crippen LogP contribution >= 0.6 is 11.3 Å². The summed E-state index contributed by atoms with van der Waals surface area (Å²) >= 11 is 1.67. The van der Waals surface area contributed by atoms with Gasteiger partial charge in [0.2, 0.25) is 0 Å². The number of anilines is 2. The standard InChI is InChI=1S/C29H27N5O2S2/c35-38-14-12-34(13-15-38)17-28-33-27(19-37-28)22-6-11-26-25(16-22)29(31-20-30-26)32-23-7-9-24(10-8-23)36-18-21-4-2-1-3-5-21/h1-11,16,19-20H,12-15,17-18H2,(H,30,31,32). The van der Waals surface area contributed by atoms with Crippen molar-refractivity contribution in [3.8, 4) is 17.0 Å². The molecule has 0 radical (unpaired) electrons. The summed E-state index contributed by atoms with van der Waals surface area (Å²) < 4.78 is 17.6. The van der Waals surface area contributed by atoms with E-state index in [9.17, 15) is 4.21 Å². The van der Waals surface area contributed by atoms with Crippen LogP contribution in [-0.4, -0.2) is 48.7 Å². The highest BCUT2D eigenvalue weighted by atomic mass is 32.2. The van der Waals surface area contributed by atoms with E-state index in [-0.39, 0.29) is 0 Å². The van der Waals surface area contributed by atoms with Crippen LogP contribution in [0.3, 0.4) is 0 Å². The molecule has 3 heterocycles. The predicted molar refractivity (Wildman–Crippen MR) is 154 cm³/mol. The first-order valence-electron chi connectivity index (χ1n) is 12.5. The van der Waals surface area contributed by atoms with Gasteiger partial charge in [-0.05, 0) is 42.0 Å². The minimum Gasteiger partial charge on any atom is -0.489 e. The number of ether oxygens (including phenoxy) is 1. The van der Waals surface area contributed by atoms with Crippen molar-refractivity contribution in [2.24, 2.45) is 0 Å². The van der Waals surface area contributed by atoms with Gasteiger partial charge in [-0.25, -0.2) is 15.0 Å². The average molecular weight is 542 g/mol. The fourth-order valence-corrected chi connectivity index (χ4v) is 6.34. The minimum absolute atomic E-state index is 0.532. The monoisotopic (exact) mass is 541 g/mol. The fraction of sp³-hybridized carbons (Fsp3) is 0.207. The summed E-state index contributed by atoms with van der Waals surface area (Å²) in [5, 5.41) is 7.54. The topological polar surface area (TPSA) is 80.2 Å². The van der Waals surface area contributed by atoms with Crippen molar-refractivity contribution in [3.05, 3.63) is 95.1 Å². The van der Waals surface area contributed by atoms with Gasteiger partial charge in [0.05, 0.1) is 17.8 Å². The van der Waals surface area contributed by atoms with Crippen molar-refractivity contribution in [2.45, 2.75) is 13.2 Å². The first kappa shape index (κ1) is 24.7. The highest BCUT2D eigenvalue weighted by Crippen LogP contribution is 2.30. The van der Waals surface area contributed by atoms with E-state index < -0.39 is 10.8 Å². The Bertz CT molecular complexity index is 1550. The van der Waals surface area contributed by atoms with Crippen LogP contribution in [0.1, 0.15) is 10.6 Å². The maximum absolute atomic E-state index is 11.6. The smallest absolute Gasteiger partial charge is 0.141 e. The third-order valence-electron chi connectivity index (χ3n) is 6.48. The quantitative estimate of drug-likeness (QED) is 0.272. The van der Waals surface area contributed by atoms with Crippen LogP contribution in [0.4, 0.5) is 11.5 Å². The van der Waals surface area contributed by atoms with E-state index in [1.165, 1.54) is 0 Å². The second-order valence-corrected chi connectivity index (χ2v) is 11.8. The molecular formula is C29H27N5O2S2. The van der Waals surface area contributed by atoms with Gasteiger partial charge < -0.3 is 10.1 Å². The van der Waals surface area contributed by atoms with E-state index in [1.807, 2.05) is 48.5 Å². The zero-order valence-electron chi connectivity index (χ0n) is 20.7. The number of fused-ring (bicyclic) bond motifs is 1. The molecule has 1 aliphatic heterocycles. The maximum Gasteiger partial charge on any atom is 0.141 e.